The maximum Gasteiger partial charge on any atom is 0.277 e. The maximum atomic E-state index is 12.4. The monoisotopic (exact) mass is 375 g/mol. The Balaban J connectivity index is 1.40. The van der Waals surface area contributed by atoms with Gasteiger partial charge >= 0.3 is 0 Å². The fraction of sp³-hybridized carbons (Fsp3) is 0.467. The molecule has 4 rings (SSSR count). The van der Waals surface area contributed by atoms with Crippen molar-refractivity contribution in [2.45, 2.75) is 38.7 Å². The van der Waals surface area contributed by atoms with Gasteiger partial charge in [0.15, 0.2) is 0 Å². The minimum Gasteiger partial charge on any atom is -0.371 e. The zero-order chi connectivity index (χ0) is 18.1. The molecule has 1 fully saturated rings. The molecule has 0 saturated carbocycles. The summed E-state index contributed by atoms with van der Waals surface area (Å²) in [5.74, 6) is 0.0878. The minimum atomic E-state index is -0.241. The molecule has 1 amide bonds. The molecule has 136 valence electrons. The van der Waals surface area contributed by atoms with E-state index < -0.39 is 0 Å². The summed E-state index contributed by atoms with van der Waals surface area (Å²) in [6.07, 6.45) is 3.74. The fourth-order valence-corrected chi connectivity index (χ4v) is 3.73. The summed E-state index contributed by atoms with van der Waals surface area (Å²) in [7, 11) is 0. The average Bonchev–Trinajstić information content (AvgIpc) is 3.35. The number of carbonyl (C=O) groups excluding carboxylic acids is 1. The summed E-state index contributed by atoms with van der Waals surface area (Å²) in [5, 5.41) is 14.7. The highest BCUT2D eigenvalue weighted by Crippen LogP contribution is 2.31. The fourth-order valence-electron chi connectivity index (χ4n) is 2.89. The number of ether oxygens (including phenoxy) is 1. The van der Waals surface area contributed by atoms with Gasteiger partial charge in [-0.05, 0) is 26.2 Å². The zero-order valence-electron chi connectivity index (χ0n) is 14.1. The van der Waals surface area contributed by atoms with Crippen molar-refractivity contribution >= 4 is 28.2 Å². The summed E-state index contributed by atoms with van der Waals surface area (Å²) in [6.45, 7) is 2.47. The molecule has 0 unspecified atom stereocenters. The van der Waals surface area contributed by atoms with Gasteiger partial charge in [-0.15, -0.1) is 10.2 Å². The lowest BCUT2D eigenvalue weighted by Crippen LogP contribution is -2.23. The predicted molar refractivity (Wildman–Crippen MR) is 93.1 cm³/mol. The number of anilines is 1. The SMILES string of the molecule is Cc1nc2nc[nH]n2c(=O)c1CCC(=O)Nc1nnc([C@H]2CCCO2)s1. The van der Waals surface area contributed by atoms with Crippen LogP contribution < -0.4 is 10.9 Å². The van der Waals surface area contributed by atoms with E-state index in [0.717, 1.165) is 24.5 Å². The van der Waals surface area contributed by atoms with Crippen molar-refractivity contribution in [2.75, 3.05) is 11.9 Å². The molecule has 10 nitrogen and oxygen atoms in total. The Morgan fingerprint density at radius 1 is 1.50 bits per heavy atom. The van der Waals surface area contributed by atoms with Crippen LogP contribution in [0.3, 0.4) is 0 Å². The van der Waals surface area contributed by atoms with E-state index >= 15 is 0 Å². The van der Waals surface area contributed by atoms with E-state index in [2.05, 4.69) is 30.6 Å². The van der Waals surface area contributed by atoms with Crippen LogP contribution in [-0.2, 0) is 16.0 Å². The number of fused-ring (bicyclic) bond motifs is 1. The summed E-state index contributed by atoms with van der Waals surface area (Å²) < 4.78 is 6.82. The number of H-pyrrole nitrogens is 1. The van der Waals surface area contributed by atoms with Gasteiger partial charge in [0.2, 0.25) is 11.0 Å². The predicted octanol–water partition coefficient (Wildman–Crippen LogP) is 1.00. The Morgan fingerprint density at radius 3 is 3.19 bits per heavy atom. The van der Waals surface area contributed by atoms with E-state index in [1.54, 1.807) is 6.92 Å². The van der Waals surface area contributed by atoms with Crippen LogP contribution in [0.25, 0.3) is 5.78 Å². The number of amides is 1. The molecule has 1 aliphatic rings. The van der Waals surface area contributed by atoms with Crippen molar-refractivity contribution in [2.24, 2.45) is 0 Å². The Morgan fingerprint density at radius 2 is 2.38 bits per heavy atom. The second kappa shape index (κ2) is 6.92. The van der Waals surface area contributed by atoms with E-state index in [4.69, 9.17) is 4.74 Å². The van der Waals surface area contributed by atoms with Gasteiger partial charge in [0.25, 0.3) is 11.3 Å². The van der Waals surface area contributed by atoms with Crippen molar-refractivity contribution in [3.05, 3.63) is 32.9 Å². The van der Waals surface area contributed by atoms with Crippen molar-refractivity contribution in [3.63, 3.8) is 0 Å². The topological polar surface area (TPSA) is 127 Å². The molecule has 0 aromatic carbocycles. The normalized spacial score (nSPS) is 17.0. The molecule has 0 radical (unpaired) electrons. The molecule has 1 aliphatic heterocycles. The molecule has 1 atom stereocenters. The lowest BCUT2D eigenvalue weighted by Gasteiger charge is -2.05. The third-order valence-electron chi connectivity index (χ3n) is 4.23. The van der Waals surface area contributed by atoms with Crippen LogP contribution in [0.15, 0.2) is 11.1 Å². The number of nitrogens with one attached hydrogen (secondary N) is 2. The number of hydrogen-bond donors (Lipinski definition) is 2. The highest BCUT2D eigenvalue weighted by Gasteiger charge is 2.22. The number of hydrogen-bond acceptors (Lipinski definition) is 8. The first-order valence-corrected chi connectivity index (χ1v) is 9.10. The zero-order valence-corrected chi connectivity index (χ0v) is 14.9. The van der Waals surface area contributed by atoms with Crippen LogP contribution in [0.2, 0.25) is 0 Å². The average molecular weight is 375 g/mol. The van der Waals surface area contributed by atoms with Crippen molar-refractivity contribution in [1.29, 1.82) is 0 Å². The van der Waals surface area contributed by atoms with Gasteiger partial charge in [0.05, 0.1) is 5.69 Å². The Hall–Kier alpha value is -2.66. The third kappa shape index (κ3) is 3.22. The minimum absolute atomic E-state index is 0.0203. The molecule has 0 bridgehead atoms. The molecule has 11 heteroatoms. The van der Waals surface area contributed by atoms with Gasteiger partial charge in [-0.2, -0.15) is 4.52 Å². The standard InChI is InChI=1S/C15H17N7O3S/c1-8-9(13(24)22-14(18-8)16-7-17-22)4-5-11(23)19-15-21-20-12(26-15)10-3-2-6-25-10/h7,10H,2-6H2,1H3,(H,16,17,18)(H,19,21,23)/t10-/m1/s1. The van der Waals surface area contributed by atoms with Crippen molar-refractivity contribution in [1.82, 2.24) is 29.8 Å². The Labute approximate surface area is 151 Å². The van der Waals surface area contributed by atoms with E-state index in [9.17, 15) is 9.59 Å². The highest BCUT2D eigenvalue weighted by molar-refractivity contribution is 7.15. The Kier molecular flexibility index (Phi) is 4.47. The summed E-state index contributed by atoms with van der Waals surface area (Å²) >= 11 is 1.32. The number of nitrogens with zero attached hydrogens (tertiary/aromatic N) is 5. The lowest BCUT2D eigenvalue weighted by atomic mass is 10.1. The van der Waals surface area contributed by atoms with E-state index in [1.807, 2.05) is 0 Å². The summed E-state index contributed by atoms with van der Waals surface area (Å²) in [6, 6.07) is 0. The van der Waals surface area contributed by atoms with Gasteiger partial charge in [-0.3, -0.25) is 14.7 Å². The van der Waals surface area contributed by atoms with Gasteiger partial charge in [-0.1, -0.05) is 11.3 Å². The first-order valence-electron chi connectivity index (χ1n) is 8.28. The van der Waals surface area contributed by atoms with Gasteiger partial charge in [0, 0.05) is 18.6 Å². The number of aryl methyl sites for hydroxylation is 1. The molecule has 0 spiro atoms. The third-order valence-corrected chi connectivity index (χ3v) is 5.16. The molecule has 1 saturated heterocycles. The van der Waals surface area contributed by atoms with Gasteiger partial charge in [0.1, 0.15) is 17.4 Å². The second-order valence-corrected chi connectivity index (χ2v) is 7.01. The van der Waals surface area contributed by atoms with Crippen LogP contribution in [0.4, 0.5) is 5.13 Å². The molecule has 2 N–H and O–H groups in total. The van der Waals surface area contributed by atoms with Crippen LogP contribution in [0.1, 0.15) is 41.6 Å². The molecule has 26 heavy (non-hydrogen) atoms. The molecule has 4 heterocycles. The van der Waals surface area contributed by atoms with Crippen LogP contribution in [0.5, 0.6) is 0 Å². The lowest BCUT2D eigenvalue weighted by molar-refractivity contribution is -0.116. The van der Waals surface area contributed by atoms with E-state index in [-0.39, 0.29) is 30.4 Å². The largest absolute Gasteiger partial charge is 0.371 e. The first kappa shape index (κ1) is 16.8. The molecule has 3 aromatic heterocycles. The Bertz CT molecular complexity index is 1000. The molecule has 0 aliphatic carbocycles. The second-order valence-electron chi connectivity index (χ2n) is 6.00. The van der Waals surface area contributed by atoms with Crippen LogP contribution in [-0.4, -0.2) is 42.3 Å². The van der Waals surface area contributed by atoms with Gasteiger partial charge < -0.3 is 10.1 Å². The molecule has 3 aromatic rings. The summed E-state index contributed by atoms with van der Waals surface area (Å²) in [4.78, 5) is 32.8. The quantitative estimate of drug-likeness (QED) is 0.681. The van der Waals surface area contributed by atoms with Gasteiger partial charge in [-0.25, -0.2) is 9.97 Å². The van der Waals surface area contributed by atoms with Crippen LogP contribution in [0, 0.1) is 6.92 Å². The van der Waals surface area contributed by atoms with Crippen LogP contribution >= 0.6 is 11.3 Å². The number of carbonyl (C=O) groups is 1. The number of rotatable bonds is 5. The number of aromatic nitrogens is 6. The van der Waals surface area contributed by atoms with E-state index in [1.165, 1.54) is 22.2 Å². The molecular formula is C15H17N7O3S. The maximum absolute atomic E-state index is 12.4. The smallest absolute Gasteiger partial charge is 0.277 e. The summed E-state index contributed by atoms with van der Waals surface area (Å²) in [5.41, 5.74) is 0.820. The number of aromatic amines is 1. The van der Waals surface area contributed by atoms with Crippen molar-refractivity contribution < 1.29 is 9.53 Å². The first-order chi connectivity index (χ1) is 12.6. The van der Waals surface area contributed by atoms with Crippen molar-refractivity contribution in [3.8, 4) is 0 Å². The highest BCUT2D eigenvalue weighted by atomic mass is 32.1. The molecular weight excluding hydrogens is 358 g/mol. The van der Waals surface area contributed by atoms with E-state index in [0.29, 0.717) is 22.2 Å².